The second-order valence-electron chi connectivity index (χ2n) is 9.29. The highest BCUT2D eigenvalue weighted by Gasteiger charge is 1.96. The van der Waals surface area contributed by atoms with E-state index in [0.29, 0.717) is 11.1 Å². The zero-order valence-electron chi connectivity index (χ0n) is 22.2. The molecule has 0 aromatic rings. The molecule has 0 aliphatic heterocycles. The Morgan fingerprint density at radius 3 is 0.882 bits per heavy atom. The number of unbranched alkanes of at least 4 members (excludes halogenated alkanes) is 1. The van der Waals surface area contributed by atoms with Crippen LogP contribution in [0.1, 0.15) is 91.9 Å². The Bertz CT molecular complexity index is 646. The minimum Gasteiger partial charge on any atom is -0.392 e. The molecule has 0 aliphatic carbocycles. The maximum atomic E-state index is 9.06. The number of hydrogen-bond acceptors (Lipinski definition) is 4. The summed E-state index contributed by atoms with van der Waals surface area (Å²) in [6.45, 7) is 8.47. The SMILES string of the molecule is C/C(=C\CC/C(C)=C/CC/C=C(\C)CC/C=C(\C)CCC=C(CO)CO)CCC=C(CO)CO. The molecule has 4 heteroatoms. The molecule has 0 heterocycles. The highest BCUT2D eigenvalue weighted by molar-refractivity contribution is 5.09. The quantitative estimate of drug-likeness (QED) is 0.127. The molecule has 34 heavy (non-hydrogen) atoms. The first kappa shape index (κ1) is 32.3. The van der Waals surface area contributed by atoms with Crippen molar-refractivity contribution in [2.75, 3.05) is 26.4 Å². The highest BCUT2D eigenvalue weighted by atomic mass is 16.3. The summed E-state index contributed by atoms with van der Waals surface area (Å²) in [5.41, 5.74) is 7.00. The molecule has 0 aromatic carbocycles. The Labute approximate surface area is 208 Å². The largest absolute Gasteiger partial charge is 0.392 e. The summed E-state index contributed by atoms with van der Waals surface area (Å²) in [5.74, 6) is 0. The van der Waals surface area contributed by atoms with E-state index in [4.69, 9.17) is 20.4 Å². The van der Waals surface area contributed by atoms with Crippen molar-refractivity contribution in [1.29, 1.82) is 0 Å². The van der Waals surface area contributed by atoms with Crippen LogP contribution in [0, 0.1) is 0 Å². The monoisotopic (exact) mass is 474 g/mol. The third-order valence-corrected chi connectivity index (χ3v) is 5.97. The van der Waals surface area contributed by atoms with E-state index < -0.39 is 0 Å². The normalized spacial score (nSPS) is 13.3. The fourth-order valence-electron chi connectivity index (χ4n) is 3.53. The van der Waals surface area contributed by atoms with Gasteiger partial charge >= 0.3 is 0 Å². The Morgan fingerprint density at radius 2 is 0.618 bits per heavy atom. The summed E-state index contributed by atoms with van der Waals surface area (Å²) in [6.07, 6.45) is 23.3. The fraction of sp³-hybridized carbons (Fsp3) is 0.600. The van der Waals surface area contributed by atoms with Crippen molar-refractivity contribution in [2.45, 2.75) is 91.9 Å². The van der Waals surface area contributed by atoms with Crippen LogP contribution in [0.15, 0.2) is 69.9 Å². The van der Waals surface area contributed by atoms with Gasteiger partial charge in [0.1, 0.15) is 0 Å². The molecule has 4 nitrogen and oxygen atoms in total. The maximum Gasteiger partial charge on any atom is 0.0663 e. The molecule has 0 fully saturated rings. The summed E-state index contributed by atoms with van der Waals surface area (Å²) in [5, 5.41) is 36.2. The van der Waals surface area contributed by atoms with Gasteiger partial charge in [-0.25, -0.2) is 0 Å². The summed E-state index contributed by atoms with van der Waals surface area (Å²) < 4.78 is 0. The molecule has 0 aliphatic rings. The second kappa shape index (κ2) is 21.8. The fourth-order valence-corrected chi connectivity index (χ4v) is 3.53. The Morgan fingerprint density at radius 1 is 0.382 bits per heavy atom. The molecule has 0 radical (unpaired) electrons. The molecule has 194 valence electrons. The average Bonchev–Trinajstić information content (AvgIpc) is 2.82. The first-order valence-electron chi connectivity index (χ1n) is 12.8. The maximum absolute atomic E-state index is 9.06. The molecule has 0 spiro atoms. The molecular weight excluding hydrogens is 424 g/mol. The molecular formula is C30H50O4. The van der Waals surface area contributed by atoms with Gasteiger partial charge in [0.05, 0.1) is 26.4 Å². The van der Waals surface area contributed by atoms with E-state index in [1.54, 1.807) is 0 Å². The van der Waals surface area contributed by atoms with Gasteiger partial charge in [-0.15, -0.1) is 0 Å². The molecule has 0 amide bonds. The van der Waals surface area contributed by atoms with Crippen molar-refractivity contribution in [1.82, 2.24) is 0 Å². The van der Waals surface area contributed by atoms with E-state index in [2.05, 4.69) is 52.0 Å². The summed E-state index contributed by atoms with van der Waals surface area (Å²) in [6, 6.07) is 0. The van der Waals surface area contributed by atoms with Crippen LogP contribution in [0.2, 0.25) is 0 Å². The number of rotatable bonds is 19. The van der Waals surface area contributed by atoms with Crippen molar-refractivity contribution in [3.05, 3.63) is 69.9 Å². The van der Waals surface area contributed by atoms with Crippen LogP contribution in [-0.4, -0.2) is 46.9 Å². The average molecular weight is 475 g/mol. The van der Waals surface area contributed by atoms with Gasteiger partial charge in [0, 0.05) is 0 Å². The minimum absolute atomic E-state index is 0.0627. The number of allylic oxidation sites excluding steroid dienone is 10. The van der Waals surface area contributed by atoms with Crippen LogP contribution in [0.25, 0.3) is 0 Å². The lowest BCUT2D eigenvalue weighted by molar-refractivity contribution is 0.275. The first-order chi connectivity index (χ1) is 16.4. The van der Waals surface area contributed by atoms with Gasteiger partial charge in [0.2, 0.25) is 0 Å². The minimum atomic E-state index is -0.0627. The Balaban J connectivity index is 4.14. The van der Waals surface area contributed by atoms with Crippen molar-refractivity contribution < 1.29 is 20.4 Å². The molecule has 0 saturated carbocycles. The van der Waals surface area contributed by atoms with Gasteiger partial charge in [-0.05, 0) is 103 Å². The Kier molecular flexibility index (Phi) is 20.7. The van der Waals surface area contributed by atoms with E-state index in [9.17, 15) is 0 Å². The zero-order valence-corrected chi connectivity index (χ0v) is 22.2. The number of aliphatic hydroxyl groups excluding tert-OH is 4. The highest BCUT2D eigenvalue weighted by Crippen LogP contribution is 2.14. The Hall–Kier alpha value is -1.72. The molecule has 0 saturated heterocycles. The molecule has 0 rings (SSSR count). The van der Waals surface area contributed by atoms with Crippen molar-refractivity contribution in [3.8, 4) is 0 Å². The molecule has 0 aromatic heterocycles. The third-order valence-electron chi connectivity index (χ3n) is 5.97. The van der Waals surface area contributed by atoms with E-state index in [1.807, 2.05) is 12.2 Å². The van der Waals surface area contributed by atoms with Gasteiger partial charge in [-0.3, -0.25) is 0 Å². The number of hydrogen-bond donors (Lipinski definition) is 4. The van der Waals surface area contributed by atoms with Crippen molar-refractivity contribution in [3.63, 3.8) is 0 Å². The predicted molar refractivity (Wildman–Crippen MR) is 146 cm³/mol. The summed E-state index contributed by atoms with van der Waals surface area (Å²) >= 11 is 0. The molecule has 0 atom stereocenters. The predicted octanol–water partition coefficient (Wildman–Crippen LogP) is 6.49. The van der Waals surface area contributed by atoms with E-state index in [0.717, 1.165) is 64.2 Å². The van der Waals surface area contributed by atoms with Crippen LogP contribution in [-0.2, 0) is 0 Å². The van der Waals surface area contributed by atoms with Gasteiger partial charge in [-0.2, -0.15) is 0 Å². The lowest BCUT2D eigenvalue weighted by Gasteiger charge is -2.03. The van der Waals surface area contributed by atoms with Crippen LogP contribution in [0.3, 0.4) is 0 Å². The van der Waals surface area contributed by atoms with E-state index in [-0.39, 0.29) is 26.4 Å². The lowest BCUT2D eigenvalue weighted by atomic mass is 10.0. The van der Waals surface area contributed by atoms with Crippen LogP contribution >= 0.6 is 0 Å². The van der Waals surface area contributed by atoms with Gasteiger partial charge in [-0.1, -0.05) is 58.7 Å². The molecule has 4 N–H and O–H groups in total. The summed E-state index contributed by atoms with van der Waals surface area (Å²) in [7, 11) is 0. The van der Waals surface area contributed by atoms with Crippen LogP contribution in [0.5, 0.6) is 0 Å². The molecule has 0 bridgehead atoms. The van der Waals surface area contributed by atoms with Crippen molar-refractivity contribution in [2.24, 2.45) is 0 Å². The van der Waals surface area contributed by atoms with Crippen LogP contribution < -0.4 is 0 Å². The van der Waals surface area contributed by atoms with E-state index >= 15 is 0 Å². The standard InChI is InChI=1S/C30H50O4/c1-25(13-7-15-27(3)17-9-19-29(21-31)22-32)11-5-6-12-26(2)14-8-16-28(4)18-10-20-30(23-33)24-34/h11-12,15-16,19-20,31-34H,5-10,13-14,17-18,21-24H2,1-4H3/b25-11+,26-12+,27-15+,28-16+. The smallest absolute Gasteiger partial charge is 0.0663 e. The topological polar surface area (TPSA) is 80.9 Å². The van der Waals surface area contributed by atoms with E-state index in [1.165, 1.54) is 22.3 Å². The van der Waals surface area contributed by atoms with Gasteiger partial charge in [0.25, 0.3) is 0 Å². The zero-order chi connectivity index (χ0) is 25.6. The number of aliphatic hydroxyl groups is 4. The lowest BCUT2D eigenvalue weighted by Crippen LogP contribution is -1.95. The molecule has 0 unspecified atom stereocenters. The van der Waals surface area contributed by atoms with Gasteiger partial charge in [0.15, 0.2) is 0 Å². The third kappa shape index (κ3) is 18.7. The first-order valence-corrected chi connectivity index (χ1v) is 12.8. The second-order valence-corrected chi connectivity index (χ2v) is 9.29. The summed E-state index contributed by atoms with van der Waals surface area (Å²) in [4.78, 5) is 0. The van der Waals surface area contributed by atoms with Crippen molar-refractivity contribution >= 4 is 0 Å². The van der Waals surface area contributed by atoms with Gasteiger partial charge < -0.3 is 20.4 Å². The van der Waals surface area contributed by atoms with Crippen LogP contribution in [0.4, 0.5) is 0 Å².